The Hall–Kier alpha value is -2.76. The smallest absolute Gasteiger partial charge is 0.413 e. The van der Waals surface area contributed by atoms with E-state index in [-0.39, 0.29) is 23.0 Å². The average molecular weight is 322 g/mol. The molecule has 2 aromatic rings. The highest BCUT2D eigenvalue weighted by Gasteiger charge is 2.28. The lowest BCUT2D eigenvalue weighted by molar-refractivity contribution is -0.0802. The molecule has 0 heterocycles. The lowest BCUT2D eigenvalue weighted by atomic mass is 10.1. The molecule has 120 valence electrons. The van der Waals surface area contributed by atoms with Crippen LogP contribution in [0.4, 0.5) is 13.2 Å². The van der Waals surface area contributed by atoms with Gasteiger partial charge in [-0.1, -0.05) is 30.3 Å². The number of carbonyl (C=O) groups excluding carboxylic acids is 1. The topological polar surface area (TPSA) is 35.5 Å². The Bertz CT molecular complexity index is 707. The Morgan fingerprint density at radius 3 is 2.22 bits per heavy atom. The number of alkyl halides is 3. The van der Waals surface area contributed by atoms with E-state index in [9.17, 15) is 18.0 Å². The van der Waals surface area contributed by atoms with Crippen molar-refractivity contribution in [3.63, 3.8) is 0 Å². The van der Waals surface area contributed by atoms with Crippen LogP contribution in [0.1, 0.15) is 15.9 Å². The fourth-order valence-electron chi connectivity index (χ4n) is 1.89. The molecule has 0 saturated carbocycles. The highest BCUT2D eigenvalue weighted by atomic mass is 19.4. The minimum absolute atomic E-state index is 0.0385. The van der Waals surface area contributed by atoms with Crippen molar-refractivity contribution in [1.29, 1.82) is 0 Å². The minimum atomic E-state index is -4.65. The lowest BCUT2D eigenvalue weighted by Gasteiger charge is -2.13. The predicted octanol–water partition coefficient (Wildman–Crippen LogP) is 4.46. The Balaban J connectivity index is 2.40. The van der Waals surface area contributed by atoms with Crippen LogP contribution in [0.15, 0.2) is 60.7 Å². The molecule has 2 aromatic carbocycles. The number of halogens is 3. The van der Waals surface area contributed by atoms with Crippen LogP contribution in [0.5, 0.6) is 5.75 Å². The highest BCUT2D eigenvalue weighted by Crippen LogP contribution is 2.31. The molecule has 0 aliphatic carbocycles. The molecule has 0 amide bonds. The van der Waals surface area contributed by atoms with Gasteiger partial charge in [0.25, 0.3) is 0 Å². The van der Waals surface area contributed by atoms with E-state index in [1.54, 1.807) is 24.3 Å². The van der Waals surface area contributed by atoms with E-state index in [1.165, 1.54) is 37.4 Å². The summed E-state index contributed by atoms with van der Waals surface area (Å²) >= 11 is 0. The van der Waals surface area contributed by atoms with Gasteiger partial charge in [0.15, 0.2) is 0 Å². The van der Waals surface area contributed by atoms with Gasteiger partial charge in [-0.15, -0.1) is 0 Å². The molecular weight excluding hydrogens is 309 g/mol. The summed E-state index contributed by atoms with van der Waals surface area (Å²) in [6.07, 6.45) is -4.71. The summed E-state index contributed by atoms with van der Waals surface area (Å²) in [5, 5.41) is 0. The molecule has 0 N–H and O–H groups in total. The third kappa shape index (κ3) is 4.60. The number of ether oxygens (including phenoxy) is 2. The van der Waals surface area contributed by atoms with Gasteiger partial charge in [0.2, 0.25) is 0 Å². The quantitative estimate of drug-likeness (QED) is 0.616. The first-order valence-corrected chi connectivity index (χ1v) is 6.61. The molecule has 0 aromatic heterocycles. The largest absolute Gasteiger partial charge is 0.496 e. The first-order valence-electron chi connectivity index (χ1n) is 6.61. The van der Waals surface area contributed by atoms with Crippen molar-refractivity contribution in [2.45, 2.75) is 6.18 Å². The maximum absolute atomic E-state index is 12.8. The summed E-state index contributed by atoms with van der Waals surface area (Å²) in [5.74, 6) is -1.33. The van der Waals surface area contributed by atoms with Crippen LogP contribution in [0.2, 0.25) is 0 Å². The zero-order chi connectivity index (χ0) is 16.9. The van der Waals surface area contributed by atoms with Crippen molar-refractivity contribution in [2.75, 3.05) is 7.11 Å². The van der Waals surface area contributed by atoms with Gasteiger partial charge >= 0.3 is 12.1 Å². The lowest BCUT2D eigenvalue weighted by Crippen LogP contribution is -2.10. The first kappa shape index (κ1) is 16.6. The molecule has 0 atom stereocenters. The Kier molecular flexibility index (Phi) is 5.05. The summed E-state index contributed by atoms with van der Waals surface area (Å²) in [7, 11) is 1.32. The van der Waals surface area contributed by atoms with Gasteiger partial charge in [0.1, 0.15) is 11.5 Å². The summed E-state index contributed by atoms with van der Waals surface area (Å²) in [6, 6.07) is 13.8. The van der Waals surface area contributed by atoms with Crippen molar-refractivity contribution in [3.05, 3.63) is 71.8 Å². The number of allylic oxidation sites excluding steroid dienone is 1. The van der Waals surface area contributed by atoms with E-state index in [2.05, 4.69) is 0 Å². The molecule has 0 spiro atoms. The van der Waals surface area contributed by atoms with Gasteiger partial charge in [0.05, 0.1) is 24.3 Å². The zero-order valence-electron chi connectivity index (χ0n) is 12.1. The van der Waals surface area contributed by atoms with Crippen LogP contribution in [-0.2, 0) is 4.74 Å². The van der Waals surface area contributed by atoms with E-state index in [0.29, 0.717) is 0 Å². The molecule has 0 saturated heterocycles. The van der Waals surface area contributed by atoms with Crippen molar-refractivity contribution in [1.82, 2.24) is 0 Å². The molecule has 0 radical (unpaired) electrons. The van der Waals surface area contributed by atoms with Crippen LogP contribution in [0, 0.1) is 0 Å². The Labute approximate surface area is 131 Å². The molecular formula is C17H13F3O3. The molecule has 0 fully saturated rings. The summed E-state index contributed by atoms with van der Waals surface area (Å²) in [4.78, 5) is 12.0. The van der Waals surface area contributed by atoms with E-state index in [4.69, 9.17) is 9.47 Å². The predicted molar refractivity (Wildman–Crippen MR) is 78.9 cm³/mol. The fraction of sp³-hybridized carbons (Fsp3) is 0.118. The summed E-state index contributed by atoms with van der Waals surface area (Å²) < 4.78 is 48.3. The van der Waals surface area contributed by atoms with Crippen LogP contribution >= 0.6 is 0 Å². The van der Waals surface area contributed by atoms with Crippen molar-refractivity contribution in [3.8, 4) is 5.75 Å². The van der Waals surface area contributed by atoms with E-state index < -0.39 is 17.9 Å². The normalized spacial score (nSPS) is 11.9. The molecule has 0 aliphatic heterocycles. The second-order valence-corrected chi connectivity index (χ2v) is 4.51. The SMILES string of the molecule is COc1ccccc1/C(=C\C(F)(F)F)OC(=O)c1ccccc1. The fourth-order valence-corrected chi connectivity index (χ4v) is 1.89. The van der Waals surface area contributed by atoms with E-state index in [1.807, 2.05) is 0 Å². The standard InChI is InChI=1S/C17H13F3O3/c1-22-14-10-6-5-9-13(14)15(11-17(18,19)20)23-16(21)12-7-3-2-4-8-12/h2-11H,1H3/b15-11+. The summed E-state index contributed by atoms with van der Waals surface area (Å²) in [5.41, 5.74) is 0.187. The minimum Gasteiger partial charge on any atom is -0.496 e. The van der Waals surface area contributed by atoms with Crippen LogP contribution in [-0.4, -0.2) is 19.3 Å². The second-order valence-electron chi connectivity index (χ2n) is 4.51. The highest BCUT2D eigenvalue weighted by molar-refractivity contribution is 5.93. The molecule has 6 heteroatoms. The first-order chi connectivity index (χ1) is 10.9. The van der Waals surface area contributed by atoms with Crippen LogP contribution in [0.3, 0.4) is 0 Å². The van der Waals surface area contributed by atoms with E-state index in [0.717, 1.165) is 0 Å². The number of esters is 1. The summed E-state index contributed by atoms with van der Waals surface area (Å²) in [6.45, 7) is 0. The van der Waals surface area contributed by atoms with Crippen molar-refractivity contribution < 1.29 is 27.4 Å². The zero-order valence-corrected chi connectivity index (χ0v) is 12.1. The average Bonchev–Trinajstić information content (AvgIpc) is 2.53. The second kappa shape index (κ2) is 7.00. The number of benzene rings is 2. The van der Waals surface area contributed by atoms with Crippen LogP contribution in [0.25, 0.3) is 5.76 Å². The molecule has 2 rings (SSSR count). The number of rotatable bonds is 4. The Morgan fingerprint density at radius 2 is 1.61 bits per heavy atom. The third-order valence-corrected chi connectivity index (χ3v) is 2.88. The third-order valence-electron chi connectivity index (χ3n) is 2.88. The monoisotopic (exact) mass is 322 g/mol. The molecule has 0 bridgehead atoms. The van der Waals surface area contributed by atoms with Crippen LogP contribution < -0.4 is 4.74 Å². The van der Waals surface area contributed by atoms with Gasteiger partial charge in [-0.3, -0.25) is 0 Å². The maximum Gasteiger partial charge on any atom is 0.413 e. The number of para-hydroxylation sites is 1. The van der Waals surface area contributed by atoms with Gasteiger partial charge in [-0.05, 0) is 24.3 Å². The number of hydrogen-bond acceptors (Lipinski definition) is 3. The van der Waals surface area contributed by atoms with Gasteiger partial charge in [0, 0.05) is 0 Å². The molecule has 23 heavy (non-hydrogen) atoms. The molecule has 0 aliphatic rings. The van der Waals surface area contributed by atoms with Gasteiger partial charge in [-0.2, -0.15) is 13.2 Å². The van der Waals surface area contributed by atoms with Gasteiger partial charge < -0.3 is 9.47 Å². The molecule has 3 nitrogen and oxygen atoms in total. The van der Waals surface area contributed by atoms with E-state index >= 15 is 0 Å². The number of carbonyl (C=O) groups is 1. The maximum atomic E-state index is 12.8. The number of hydrogen-bond donors (Lipinski definition) is 0. The molecule has 0 unspecified atom stereocenters. The number of methoxy groups -OCH3 is 1. The Morgan fingerprint density at radius 1 is 1.00 bits per heavy atom. The van der Waals surface area contributed by atoms with Crippen molar-refractivity contribution in [2.24, 2.45) is 0 Å². The van der Waals surface area contributed by atoms with Gasteiger partial charge in [-0.25, -0.2) is 4.79 Å². The van der Waals surface area contributed by atoms with Crippen molar-refractivity contribution >= 4 is 11.7 Å².